The van der Waals surface area contributed by atoms with Crippen LogP contribution in [0, 0.1) is 5.41 Å². The number of fused-ring (bicyclic) bond motifs is 1. The summed E-state index contributed by atoms with van der Waals surface area (Å²) in [7, 11) is 1.72. The number of piperidine rings is 1. The maximum absolute atomic E-state index is 13.2. The van der Waals surface area contributed by atoms with Crippen LogP contribution in [0.4, 0.5) is 17.6 Å². The van der Waals surface area contributed by atoms with Gasteiger partial charge in [-0.2, -0.15) is 4.98 Å². The zero-order chi connectivity index (χ0) is 23.3. The highest BCUT2D eigenvalue weighted by atomic mass is 35.5. The summed E-state index contributed by atoms with van der Waals surface area (Å²) in [6, 6.07) is 10.1. The van der Waals surface area contributed by atoms with Crippen LogP contribution in [0.5, 0.6) is 0 Å². The van der Waals surface area contributed by atoms with Crippen molar-refractivity contribution in [2.24, 2.45) is 18.2 Å². The number of nitrogen functional groups attached to an aromatic ring is 2. The standard InChI is InChI=1S/C23H26ClN7OS/c1-30-21(32)18(33-16-10-17(25)28-12-15(16)24)20(27)29-22(30)31-8-6-23(7-9-31)11-13-4-2-3-5-14(13)19(23)26/h2-5,10,12,19H,6-9,11,26-27H2,1H3,(H2,25,28)/t19-/m1/s1. The molecule has 172 valence electrons. The van der Waals surface area contributed by atoms with Crippen LogP contribution in [0.15, 0.2) is 51.1 Å². The number of halogens is 1. The van der Waals surface area contributed by atoms with E-state index in [-0.39, 0.29) is 22.8 Å². The van der Waals surface area contributed by atoms with Crippen molar-refractivity contribution in [3.05, 3.63) is 63.0 Å². The number of benzene rings is 1. The molecular weight excluding hydrogens is 458 g/mol. The van der Waals surface area contributed by atoms with Gasteiger partial charge in [0.2, 0.25) is 5.95 Å². The minimum atomic E-state index is -0.223. The maximum Gasteiger partial charge on any atom is 0.270 e. The molecule has 0 radical (unpaired) electrons. The highest BCUT2D eigenvalue weighted by Crippen LogP contribution is 2.51. The van der Waals surface area contributed by atoms with Gasteiger partial charge in [0.25, 0.3) is 5.56 Å². The molecule has 8 nitrogen and oxygen atoms in total. The number of nitrogens with zero attached hydrogens (tertiary/aromatic N) is 4. The second-order valence-corrected chi connectivity index (χ2v) is 10.3. The van der Waals surface area contributed by atoms with E-state index in [4.69, 9.17) is 28.8 Å². The second kappa shape index (κ2) is 8.23. The molecule has 3 heterocycles. The van der Waals surface area contributed by atoms with Gasteiger partial charge >= 0.3 is 0 Å². The van der Waals surface area contributed by atoms with Gasteiger partial charge < -0.3 is 22.1 Å². The van der Waals surface area contributed by atoms with Crippen LogP contribution in [0.25, 0.3) is 0 Å². The number of nitrogens with two attached hydrogens (primary N) is 3. The van der Waals surface area contributed by atoms with Gasteiger partial charge in [-0.3, -0.25) is 9.36 Å². The minimum Gasteiger partial charge on any atom is -0.384 e. The zero-order valence-corrected chi connectivity index (χ0v) is 19.9. The fourth-order valence-corrected chi connectivity index (χ4v) is 6.19. The number of hydrogen-bond acceptors (Lipinski definition) is 8. The number of hydrogen-bond donors (Lipinski definition) is 3. The fraction of sp³-hybridized carbons (Fsp3) is 0.348. The van der Waals surface area contributed by atoms with Crippen molar-refractivity contribution in [3.8, 4) is 0 Å². The molecule has 1 spiro atoms. The largest absolute Gasteiger partial charge is 0.384 e. The highest BCUT2D eigenvalue weighted by Gasteiger charge is 2.46. The first-order chi connectivity index (χ1) is 15.8. The molecule has 0 unspecified atom stereocenters. The van der Waals surface area contributed by atoms with Gasteiger partial charge in [0.15, 0.2) is 0 Å². The number of anilines is 3. The van der Waals surface area contributed by atoms with Crippen molar-refractivity contribution < 1.29 is 0 Å². The van der Waals surface area contributed by atoms with Crippen molar-refractivity contribution in [3.63, 3.8) is 0 Å². The van der Waals surface area contributed by atoms with E-state index in [1.54, 1.807) is 17.7 Å². The molecule has 1 aromatic carbocycles. The lowest BCUT2D eigenvalue weighted by atomic mass is 9.73. The van der Waals surface area contributed by atoms with Gasteiger partial charge in [0.05, 0.1) is 5.02 Å². The molecule has 1 aliphatic heterocycles. The molecular formula is C23H26ClN7OS. The van der Waals surface area contributed by atoms with Crippen LogP contribution in [-0.4, -0.2) is 27.6 Å². The summed E-state index contributed by atoms with van der Waals surface area (Å²) in [5.74, 6) is 1.06. The average molecular weight is 484 g/mol. The lowest BCUT2D eigenvalue weighted by molar-refractivity contribution is 0.186. The summed E-state index contributed by atoms with van der Waals surface area (Å²) < 4.78 is 1.55. The number of aromatic nitrogens is 3. The molecule has 0 bridgehead atoms. The summed E-state index contributed by atoms with van der Waals surface area (Å²) in [4.78, 5) is 24.8. The van der Waals surface area contributed by atoms with E-state index in [0.717, 1.165) is 44.1 Å². The lowest BCUT2D eigenvalue weighted by Crippen LogP contribution is -2.46. The topological polar surface area (TPSA) is 129 Å². The fourth-order valence-electron chi connectivity index (χ4n) is 5.05. The summed E-state index contributed by atoms with van der Waals surface area (Å²) in [6.07, 6.45) is 4.32. The van der Waals surface area contributed by atoms with Crippen molar-refractivity contribution in [1.29, 1.82) is 0 Å². The first-order valence-electron chi connectivity index (χ1n) is 10.8. The quantitative estimate of drug-likeness (QED) is 0.518. The van der Waals surface area contributed by atoms with Crippen molar-refractivity contribution in [2.75, 3.05) is 29.5 Å². The van der Waals surface area contributed by atoms with E-state index in [0.29, 0.717) is 26.6 Å². The molecule has 33 heavy (non-hydrogen) atoms. The predicted molar refractivity (Wildman–Crippen MR) is 133 cm³/mol. The van der Waals surface area contributed by atoms with Crippen LogP contribution < -0.4 is 27.7 Å². The molecule has 0 amide bonds. The van der Waals surface area contributed by atoms with E-state index in [9.17, 15) is 4.79 Å². The Morgan fingerprint density at radius 3 is 2.67 bits per heavy atom. The van der Waals surface area contributed by atoms with E-state index in [2.05, 4.69) is 39.1 Å². The molecule has 1 saturated heterocycles. The van der Waals surface area contributed by atoms with Crippen LogP contribution in [0.3, 0.4) is 0 Å². The average Bonchev–Trinajstić information content (AvgIpc) is 3.08. The van der Waals surface area contributed by atoms with Crippen LogP contribution >= 0.6 is 23.4 Å². The first kappa shape index (κ1) is 22.1. The van der Waals surface area contributed by atoms with Gasteiger partial charge in [-0.05, 0) is 41.9 Å². The van der Waals surface area contributed by atoms with E-state index >= 15 is 0 Å². The van der Waals surface area contributed by atoms with Gasteiger partial charge in [-0.1, -0.05) is 47.6 Å². The van der Waals surface area contributed by atoms with Gasteiger partial charge in [-0.15, -0.1) is 0 Å². The SMILES string of the molecule is Cn1c(N2CCC3(CC2)Cc2ccccc2[C@H]3N)nc(N)c(Sc2cc(N)ncc2Cl)c1=O. The maximum atomic E-state index is 13.2. The zero-order valence-electron chi connectivity index (χ0n) is 18.3. The van der Waals surface area contributed by atoms with Crippen LogP contribution in [0.2, 0.25) is 5.02 Å². The third kappa shape index (κ3) is 3.74. The highest BCUT2D eigenvalue weighted by molar-refractivity contribution is 7.99. The normalized spacial score (nSPS) is 19.1. The van der Waals surface area contributed by atoms with E-state index in [1.807, 2.05) is 0 Å². The lowest BCUT2D eigenvalue weighted by Gasteiger charge is -2.42. The summed E-state index contributed by atoms with van der Waals surface area (Å²) in [5, 5.41) is 0.398. The predicted octanol–water partition coefficient (Wildman–Crippen LogP) is 2.99. The van der Waals surface area contributed by atoms with Crippen molar-refractivity contribution >= 4 is 40.9 Å². The smallest absolute Gasteiger partial charge is 0.270 e. The molecule has 2 aliphatic rings. The Morgan fingerprint density at radius 2 is 1.94 bits per heavy atom. The first-order valence-corrected chi connectivity index (χ1v) is 12.0. The molecule has 1 aliphatic carbocycles. The van der Waals surface area contributed by atoms with Crippen LogP contribution in [-0.2, 0) is 13.5 Å². The van der Waals surface area contributed by atoms with Gasteiger partial charge in [0.1, 0.15) is 16.5 Å². The third-order valence-electron chi connectivity index (χ3n) is 6.94. The molecule has 1 atom stereocenters. The van der Waals surface area contributed by atoms with E-state index in [1.165, 1.54) is 17.3 Å². The van der Waals surface area contributed by atoms with Crippen LogP contribution in [0.1, 0.15) is 30.0 Å². The third-order valence-corrected chi connectivity index (χ3v) is 8.50. The second-order valence-electron chi connectivity index (χ2n) is 8.83. The van der Waals surface area contributed by atoms with Gasteiger partial charge in [-0.25, -0.2) is 4.98 Å². The van der Waals surface area contributed by atoms with Crippen molar-refractivity contribution in [2.45, 2.75) is 35.1 Å². The monoisotopic (exact) mass is 483 g/mol. The van der Waals surface area contributed by atoms with Gasteiger partial charge in [0, 0.05) is 37.3 Å². The molecule has 3 aromatic rings. The van der Waals surface area contributed by atoms with Crippen molar-refractivity contribution in [1.82, 2.24) is 14.5 Å². The van der Waals surface area contributed by atoms with E-state index < -0.39 is 0 Å². The number of rotatable bonds is 3. The molecule has 10 heteroatoms. The Kier molecular flexibility index (Phi) is 5.50. The molecule has 1 fully saturated rings. The summed E-state index contributed by atoms with van der Waals surface area (Å²) in [5.41, 5.74) is 21.2. The molecule has 0 saturated carbocycles. The Labute approximate surface area is 201 Å². The Hall–Kier alpha value is -2.75. The molecule has 6 N–H and O–H groups in total. The molecule has 5 rings (SSSR count). The summed E-state index contributed by atoms with van der Waals surface area (Å²) in [6.45, 7) is 1.53. The number of pyridine rings is 1. The Morgan fingerprint density at radius 1 is 1.21 bits per heavy atom. The molecule has 2 aromatic heterocycles. The summed E-state index contributed by atoms with van der Waals surface area (Å²) >= 11 is 7.37. The Bertz CT molecular complexity index is 1290. The Balaban J connectivity index is 1.38. The minimum absolute atomic E-state index is 0.0361.